The molecule has 2 aromatic rings. The van der Waals surface area contributed by atoms with Gasteiger partial charge in [-0.05, 0) is 35.6 Å². The van der Waals surface area contributed by atoms with E-state index in [0.29, 0.717) is 6.42 Å². The predicted molar refractivity (Wildman–Crippen MR) is 117 cm³/mol. The number of piperazine rings is 1. The maximum absolute atomic E-state index is 12.7. The van der Waals surface area contributed by atoms with Crippen molar-refractivity contribution in [3.05, 3.63) is 65.7 Å². The minimum absolute atomic E-state index is 0.0525. The molecule has 1 aliphatic heterocycles. The van der Waals surface area contributed by atoms with Gasteiger partial charge in [-0.2, -0.15) is 0 Å². The third-order valence-corrected chi connectivity index (χ3v) is 5.57. The van der Waals surface area contributed by atoms with E-state index >= 15 is 0 Å². The molecule has 0 aliphatic carbocycles. The van der Waals surface area contributed by atoms with Gasteiger partial charge in [-0.1, -0.05) is 49.4 Å². The van der Waals surface area contributed by atoms with Crippen molar-refractivity contribution in [1.82, 2.24) is 9.80 Å². The molecule has 1 fully saturated rings. The Labute approximate surface area is 173 Å². The Morgan fingerprint density at radius 1 is 0.966 bits per heavy atom. The number of benzene rings is 2. The van der Waals surface area contributed by atoms with E-state index in [4.69, 9.17) is 0 Å². The van der Waals surface area contributed by atoms with E-state index in [0.717, 1.165) is 44.8 Å². The highest BCUT2D eigenvalue weighted by atomic mass is 16.2. The fraction of sp³-hybridized carbons (Fsp3) is 0.417. The second kappa shape index (κ2) is 10.2. The van der Waals surface area contributed by atoms with Crippen LogP contribution in [0.1, 0.15) is 37.3 Å². The molecule has 3 rings (SSSR count). The molecule has 1 aliphatic rings. The van der Waals surface area contributed by atoms with Crippen molar-refractivity contribution in [3.8, 4) is 0 Å². The van der Waals surface area contributed by atoms with Crippen molar-refractivity contribution in [2.45, 2.75) is 32.6 Å². The van der Waals surface area contributed by atoms with Crippen LogP contribution >= 0.6 is 0 Å². The fourth-order valence-corrected chi connectivity index (χ4v) is 3.76. The van der Waals surface area contributed by atoms with E-state index < -0.39 is 0 Å². The quantitative estimate of drug-likeness (QED) is 0.783. The van der Waals surface area contributed by atoms with Crippen molar-refractivity contribution >= 4 is 17.5 Å². The third-order valence-electron chi connectivity index (χ3n) is 5.57. The Hall–Kier alpha value is -2.66. The van der Waals surface area contributed by atoms with E-state index in [1.165, 1.54) is 18.1 Å². The number of amides is 2. The maximum Gasteiger partial charge on any atom is 0.223 e. The minimum Gasteiger partial charge on any atom is -0.340 e. The molecule has 2 amide bonds. The van der Waals surface area contributed by atoms with Gasteiger partial charge in [-0.25, -0.2) is 0 Å². The van der Waals surface area contributed by atoms with Gasteiger partial charge in [-0.15, -0.1) is 0 Å². The Balaban J connectivity index is 1.40. The molecular formula is C24H31N3O2. The normalized spacial score (nSPS) is 15.7. The van der Waals surface area contributed by atoms with E-state index in [1.807, 2.05) is 35.2 Å². The summed E-state index contributed by atoms with van der Waals surface area (Å²) in [5, 5.41) is 2.79. The molecule has 1 unspecified atom stereocenters. The number of hydrogen-bond donors (Lipinski definition) is 1. The Kier molecular flexibility index (Phi) is 7.42. The molecule has 1 heterocycles. The molecule has 29 heavy (non-hydrogen) atoms. The summed E-state index contributed by atoms with van der Waals surface area (Å²) in [5.41, 5.74) is 3.32. The predicted octanol–water partition coefficient (Wildman–Crippen LogP) is 3.53. The minimum atomic E-state index is -0.0525. The highest BCUT2D eigenvalue weighted by Gasteiger charge is 2.22. The summed E-state index contributed by atoms with van der Waals surface area (Å²) < 4.78 is 0. The molecule has 5 nitrogen and oxygen atoms in total. The van der Waals surface area contributed by atoms with Crippen LogP contribution in [-0.2, 0) is 16.0 Å². The first kappa shape index (κ1) is 21.1. The number of carbonyl (C=O) groups is 2. The second-order valence-electron chi connectivity index (χ2n) is 7.87. The van der Waals surface area contributed by atoms with Crippen molar-refractivity contribution in [2.75, 3.05) is 38.0 Å². The van der Waals surface area contributed by atoms with Crippen LogP contribution < -0.4 is 5.32 Å². The largest absolute Gasteiger partial charge is 0.340 e. The Bertz CT molecular complexity index is 797. The van der Waals surface area contributed by atoms with Crippen molar-refractivity contribution < 1.29 is 9.59 Å². The number of hydrogen-bond acceptors (Lipinski definition) is 3. The van der Waals surface area contributed by atoms with Gasteiger partial charge >= 0.3 is 0 Å². The molecular weight excluding hydrogens is 362 g/mol. The van der Waals surface area contributed by atoms with Crippen LogP contribution in [0.5, 0.6) is 0 Å². The Morgan fingerprint density at radius 3 is 2.24 bits per heavy atom. The van der Waals surface area contributed by atoms with E-state index in [2.05, 4.69) is 41.4 Å². The van der Waals surface area contributed by atoms with Gasteiger partial charge in [0.05, 0.1) is 0 Å². The number of carbonyl (C=O) groups excluding carboxylic acids is 2. The summed E-state index contributed by atoms with van der Waals surface area (Å²) in [5.74, 6) is 0.458. The third kappa shape index (κ3) is 6.43. The SMILES string of the molecule is CC(=O)Nc1ccc(CCN2CCN(C(=O)CC(C)c3ccccc3)CC2)cc1. The van der Waals surface area contributed by atoms with Crippen LogP contribution in [0.25, 0.3) is 0 Å². The summed E-state index contributed by atoms with van der Waals surface area (Å²) in [6.07, 6.45) is 1.55. The lowest BCUT2D eigenvalue weighted by molar-refractivity contribution is -0.133. The summed E-state index contributed by atoms with van der Waals surface area (Å²) in [6.45, 7) is 8.09. The lowest BCUT2D eigenvalue weighted by atomic mass is 9.97. The maximum atomic E-state index is 12.7. The summed E-state index contributed by atoms with van der Waals surface area (Å²) in [7, 11) is 0. The van der Waals surface area contributed by atoms with Gasteiger partial charge in [0.1, 0.15) is 0 Å². The molecule has 1 N–H and O–H groups in total. The zero-order valence-electron chi connectivity index (χ0n) is 17.4. The number of rotatable bonds is 7. The van der Waals surface area contributed by atoms with Crippen molar-refractivity contribution in [1.29, 1.82) is 0 Å². The number of nitrogens with one attached hydrogen (secondary N) is 1. The summed E-state index contributed by atoms with van der Waals surface area (Å²) >= 11 is 0. The monoisotopic (exact) mass is 393 g/mol. The van der Waals surface area contributed by atoms with E-state index in [9.17, 15) is 9.59 Å². The molecule has 1 saturated heterocycles. The van der Waals surface area contributed by atoms with Gasteiger partial charge in [0.2, 0.25) is 11.8 Å². The number of nitrogens with zero attached hydrogens (tertiary/aromatic N) is 2. The first-order valence-corrected chi connectivity index (χ1v) is 10.4. The van der Waals surface area contributed by atoms with Gasteiger partial charge < -0.3 is 10.2 Å². The topological polar surface area (TPSA) is 52.7 Å². The lowest BCUT2D eigenvalue weighted by Gasteiger charge is -2.35. The van der Waals surface area contributed by atoms with Crippen LogP contribution in [0, 0.1) is 0 Å². The average molecular weight is 394 g/mol. The molecule has 0 bridgehead atoms. The van der Waals surface area contributed by atoms with Crippen LogP contribution in [0.3, 0.4) is 0 Å². The molecule has 0 aromatic heterocycles. The Morgan fingerprint density at radius 2 is 1.62 bits per heavy atom. The lowest BCUT2D eigenvalue weighted by Crippen LogP contribution is -2.49. The molecule has 0 spiro atoms. The summed E-state index contributed by atoms with van der Waals surface area (Å²) in [6, 6.07) is 18.3. The zero-order chi connectivity index (χ0) is 20.6. The number of anilines is 1. The molecule has 1 atom stereocenters. The molecule has 0 radical (unpaired) electrons. The zero-order valence-corrected chi connectivity index (χ0v) is 17.4. The fourth-order valence-electron chi connectivity index (χ4n) is 3.76. The highest BCUT2D eigenvalue weighted by Crippen LogP contribution is 2.20. The van der Waals surface area contributed by atoms with Crippen LogP contribution in [-0.4, -0.2) is 54.3 Å². The smallest absolute Gasteiger partial charge is 0.223 e. The highest BCUT2D eigenvalue weighted by molar-refractivity contribution is 5.88. The first-order chi connectivity index (χ1) is 14.0. The van der Waals surface area contributed by atoms with Crippen LogP contribution in [0.15, 0.2) is 54.6 Å². The van der Waals surface area contributed by atoms with Gasteiger partial charge in [-0.3, -0.25) is 14.5 Å². The second-order valence-corrected chi connectivity index (χ2v) is 7.87. The average Bonchev–Trinajstić information content (AvgIpc) is 2.74. The molecule has 0 saturated carbocycles. The molecule has 154 valence electrons. The van der Waals surface area contributed by atoms with Crippen molar-refractivity contribution in [2.24, 2.45) is 0 Å². The van der Waals surface area contributed by atoms with E-state index in [1.54, 1.807) is 0 Å². The molecule has 5 heteroatoms. The van der Waals surface area contributed by atoms with Crippen LogP contribution in [0.4, 0.5) is 5.69 Å². The van der Waals surface area contributed by atoms with Gasteiger partial charge in [0, 0.05) is 51.8 Å². The van der Waals surface area contributed by atoms with E-state index in [-0.39, 0.29) is 17.7 Å². The standard InChI is InChI=1S/C24H31N3O2/c1-19(22-6-4-3-5-7-22)18-24(29)27-16-14-26(15-17-27)13-12-21-8-10-23(11-9-21)25-20(2)28/h3-11,19H,12-18H2,1-2H3,(H,25,28). The van der Waals surface area contributed by atoms with Gasteiger partial charge in [0.25, 0.3) is 0 Å². The first-order valence-electron chi connectivity index (χ1n) is 10.4. The molecule has 2 aromatic carbocycles. The van der Waals surface area contributed by atoms with Gasteiger partial charge in [0.15, 0.2) is 0 Å². The van der Waals surface area contributed by atoms with Crippen molar-refractivity contribution in [3.63, 3.8) is 0 Å². The van der Waals surface area contributed by atoms with Crippen LogP contribution in [0.2, 0.25) is 0 Å². The summed E-state index contributed by atoms with van der Waals surface area (Å²) in [4.78, 5) is 28.2.